The summed E-state index contributed by atoms with van der Waals surface area (Å²) in [5, 5.41) is 9.61. The lowest BCUT2D eigenvalue weighted by Gasteiger charge is -2.29. The van der Waals surface area contributed by atoms with Crippen LogP contribution in [0, 0.1) is 0 Å². The summed E-state index contributed by atoms with van der Waals surface area (Å²) in [5.41, 5.74) is 2.67. The third-order valence-electron chi connectivity index (χ3n) is 5.24. The first kappa shape index (κ1) is 21.5. The van der Waals surface area contributed by atoms with Crippen LogP contribution in [-0.2, 0) is 4.79 Å². The number of fused-ring (bicyclic) bond motifs is 3. The van der Waals surface area contributed by atoms with Gasteiger partial charge in [-0.3, -0.25) is 9.69 Å². The molecule has 5 rings (SSSR count). The van der Waals surface area contributed by atoms with E-state index < -0.39 is 6.23 Å². The fourth-order valence-electron chi connectivity index (χ4n) is 3.71. The third-order valence-corrected chi connectivity index (χ3v) is 6.02. The molecule has 1 amide bonds. The molecular weight excluding hydrogens is 460 g/mol. The van der Waals surface area contributed by atoms with Gasteiger partial charge in [0.25, 0.3) is 0 Å². The normalized spacial score (nSPS) is 14.8. The molecule has 0 aliphatic carbocycles. The smallest absolute Gasteiger partial charge is 0.247 e. The number of para-hydroxylation sites is 1. The largest absolute Gasteiger partial charge is 0.455 e. The Morgan fingerprint density at radius 1 is 1.12 bits per heavy atom. The van der Waals surface area contributed by atoms with E-state index in [0.29, 0.717) is 44.5 Å². The van der Waals surface area contributed by atoms with Crippen molar-refractivity contribution in [2.75, 3.05) is 11.2 Å². The van der Waals surface area contributed by atoms with Gasteiger partial charge in [0.1, 0.15) is 5.76 Å². The van der Waals surface area contributed by atoms with Crippen molar-refractivity contribution in [1.82, 2.24) is 15.2 Å². The Morgan fingerprint density at radius 3 is 2.76 bits per heavy atom. The molecule has 3 heterocycles. The molecule has 4 aromatic rings. The number of furan rings is 1. The molecule has 0 fully saturated rings. The molecule has 0 N–H and O–H groups in total. The van der Waals surface area contributed by atoms with Gasteiger partial charge in [-0.1, -0.05) is 60.6 Å². The highest BCUT2D eigenvalue weighted by Crippen LogP contribution is 2.44. The highest BCUT2D eigenvalue weighted by atomic mass is 35.5. The highest BCUT2D eigenvalue weighted by Gasteiger charge is 2.37. The molecule has 2 aromatic heterocycles. The number of benzene rings is 2. The van der Waals surface area contributed by atoms with Crippen LogP contribution in [0.3, 0.4) is 0 Å². The van der Waals surface area contributed by atoms with Crippen LogP contribution < -0.4 is 9.64 Å². The molecule has 7 nitrogen and oxygen atoms in total. The summed E-state index contributed by atoms with van der Waals surface area (Å²) in [7, 11) is 0. The molecule has 33 heavy (non-hydrogen) atoms. The van der Waals surface area contributed by atoms with Gasteiger partial charge in [0.2, 0.25) is 23.2 Å². The Hall–Kier alpha value is -3.36. The Kier molecular flexibility index (Phi) is 5.78. The Morgan fingerprint density at radius 2 is 1.97 bits per heavy atom. The molecule has 0 spiro atoms. The number of rotatable bonds is 4. The maximum atomic E-state index is 13.2. The van der Waals surface area contributed by atoms with Crippen molar-refractivity contribution < 1.29 is 13.9 Å². The number of halogens is 1. The first-order valence-electron chi connectivity index (χ1n) is 10.3. The first-order valence-corrected chi connectivity index (χ1v) is 11.9. The topological polar surface area (TPSA) is 81.4 Å². The number of carbonyl (C=O) groups is 1. The minimum atomic E-state index is -0.876. The van der Waals surface area contributed by atoms with Gasteiger partial charge in [0.15, 0.2) is 11.5 Å². The Labute approximate surface area is 199 Å². The van der Waals surface area contributed by atoms with E-state index in [9.17, 15) is 4.79 Å². The highest BCUT2D eigenvalue weighted by molar-refractivity contribution is 7.98. The maximum absolute atomic E-state index is 13.2. The molecule has 0 saturated carbocycles. The summed E-state index contributed by atoms with van der Waals surface area (Å²) in [6.07, 6.45) is 1.27. The van der Waals surface area contributed by atoms with Crippen LogP contribution in [0.4, 0.5) is 5.69 Å². The van der Waals surface area contributed by atoms with E-state index in [1.54, 1.807) is 17.0 Å². The molecule has 0 radical (unpaired) electrons. The minimum Gasteiger partial charge on any atom is -0.455 e. The van der Waals surface area contributed by atoms with Crippen molar-refractivity contribution in [1.29, 1.82) is 0 Å². The first-order chi connectivity index (χ1) is 16.1. The molecule has 1 aliphatic rings. The average Bonchev–Trinajstić information content (AvgIpc) is 3.28. The zero-order chi connectivity index (χ0) is 22.9. The van der Waals surface area contributed by atoms with E-state index in [2.05, 4.69) is 15.2 Å². The molecule has 9 heteroatoms. The fraction of sp³-hybridized carbons (Fsp3) is 0.167. The molecule has 1 aliphatic heterocycles. The lowest BCUT2D eigenvalue weighted by atomic mass is 10.1. The van der Waals surface area contributed by atoms with Gasteiger partial charge in [0, 0.05) is 22.6 Å². The number of carbonyl (C=O) groups excluding carboxylic acids is 1. The average molecular weight is 479 g/mol. The standard InChI is InChI=1S/C24H19ClN4O3S/c1-3-20(30)29-17-10-5-4-9-16(17)21-22(26-24(33-2)28-27-21)32-23(29)19-12-11-18(31-19)14-7-6-8-15(25)13-14/h4-13,23H,3H2,1-2H3. The number of anilines is 1. The second kappa shape index (κ2) is 8.88. The van der Waals surface area contributed by atoms with Crippen LogP contribution in [0.25, 0.3) is 22.6 Å². The molecule has 0 saturated heterocycles. The second-order valence-electron chi connectivity index (χ2n) is 7.27. The third kappa shape index (κ3) is 3.96. The van der Waals surface area contributed by atoms with E-state index >= 15 is 0 Å². The van der Waals surface area contributed by atoms with E-state index in [1.165, 1.54) is 11.8 Å². The SMILES string of the molecule is CCC(=O)N1c2ccccc2-c2nnc(SC)nc2OC1c1ccc(-c2cccc(Cl)c2)o1. The lowest BCUT2D eigenvalue weighted by Crippen LogP contribution is -2.37. The van der Waals surface area contributed by atoms with Crippen molar-refractivity contribution in [3.63, 3.8) is 0 Å². The predicted octanol–water partition coefficient (Wildman–Crippen LogP) is 6.01. The van der Waals surface area contributed by atoms with Crippen molar-refractivity contribution in [3.8, 4) is 28.5 Å². The molecule has 1 atom stereocenters. The monoisotopic (exact) mass is 478 g/mol. The van der Waals surface area contributed by atoms with Crippen LogP contribution in [0.1, 0.15) is 25.3 Å². The number of thioether (sulfide) groups is 1. The van der Waals surface area contributed by atoms with Crippen LogP contribution in [0.15, 0.2) is 70.2 Å². The second-order valence-corrected chi connectivity index (χ2v) is 8.48. The molecule has 2 aromatic carbocycles. The van der Waals surface area contributed by atoms with Crippen LogP contribution in [0.5, 0.6) is 5.88 Å². The summed E-state index contributed by atoms with van der Waals surface area (Å²) >= 11 is 7.51. The number of ether oxygens (including phenoxy) is 1. The van der Waals surface area contributed by atoms with Crippen molar-refractivity contribution >= 4 is 35.0 Å². The number of hydrogen-bond acceptors (Lipinski definition) is 7. The van der Waals surface area contributed by atoms with E-state index in [1.807, 2.05) is 61.7 Å². The molecule has 0 bridgehead atoms. The van der Waals surface area contributed by atoms with Gasteiger partial charge in [0.05, 0.1) is 5.69 Å². The number of amides is 1. The van der Waals surface area contributed by atoms with Gasteiger partial charge in [-0.2, -0.15) is 4.98 Å². The molecular formula is C24H19ClN4O3S. The minimum absolute atomic E-state index is 0.126. The van der Waals surface area contributed by atoms with Gasteiger partial charge in [-0.15, -0.1) is 10.2 Å². The van der Waals surface area contributed by atoms with Crippen molar-refractivity contribution in [2.24, 2.45) is 0 Å². The zero-order valence-electron chi connectivity index (χ0n) is 17.9. The summed E-state index contributed by atoms with van der Waals surface area (Å²) in [6.45, 7) is 1.81. The zero-order valence-corrected chi connectivity index (χ0v) is 19.4. The quantitative estimate of drug-likeness (QED) is 0.332. The molecule has 166 valence electrons. The summed E-state index contributed by atoms with van der Waals surface area (Å²) in [4.78, 5) is 19.3. The summed E-state index contributed by atoms with van der Waals surface area (Å²) in [5.74, 6) is 1.24. The van der Waals surface area contributed by atoms with E-state index in [-0.39, 0.29) is 12.3 Å². The molecule has 1 unspecified atom stereocenters. The van der Waals surface area contributed by atoms with Gasteiger partial charge in [-0.25, -0.2) is 0 Å². The van der Waals surface area contributed by atoms with Crippen LogP contribution >= 0.6 is 23.4 Å². The fourth-order valence-corrected chi connectivity index (χ4v) is 4.19. The number of aromatic nitrogens is 3. The maximum Gasteiger partial charge on any atom is 0.247 e. The Balaban J connectivity index is 1.68. The van der Waals surface area contributed by atoms with Crippen LogP contribution in [0.2, 0.25) is 5.02 Å². The van der Waals surface area contributed by atoms with E-state index in [4.69, 9.17) is 20.8 Å². The van der Waals surface area contributed by atoms with Gasteiger partial charge in [-0.05, 0) is 36.6 Å². The summed E-state index contributed by atoms with van der Waals surface area (Å²) in [6, 6.07) is 18.5. The lowest BCUT2D eigenvalue weighted by molar-refractivity contribution is -0.120. The van der Waals surface area contributed by atoms with Crippen molar-refractivity contribution in [2.45, 2.75) is 24.7 Å². The van der Waals surface area contributed by atoms with Gasteiger partial charge >= 0.3 is 0 Å². The Bertz CT molecular complexity index is 1340. The van der Waals surface area contributed by atoms with Crippen LogP contribution in [-0.4, -0.2) is 27.3 Å². The number of nitrogens with zero attached hydrogens (tertiary/aromatic N) is 4. The van der Waals surface area contributed by atoms with Gasteiger partial charge < -0.3 is 9.15 Å². The van der Waals surface area contributed by atoms with E-state index in [0.717, 1.165) is 5.56 Å². The number of hydrogen-bond donors (Lipinski definition) is 0. The summed E-state index contributed by atoms with van der Waals surface area (Å²) < 4.78 is 12.5. The van der Waals surface area contributed by atoms with Crippen molar-refractivity contribution in [3.05, 3.63) is 71.4 Å². The predicted molar refractivity (Wildman–Crippen MR) is 127 cm³/mol.